The summed E-state index contributed by atoms with van der Waals surface area (Å²) in [6.45, 7) is 1.46. The average molecular weight is 163 g/mol. The van der Waals surface area contributed by atoms with Gasteiger partial charge in [0.05, 0.1) is 12.0 Å². The molecule has 4 heteroatoms. The number of dihydropyridines is 1. The molecular weight excluding hydrogens is 155 g/mol. The van der Waals surface area contributed by atoms with Crippen molar-refractivity contribution >= 4 is 6.21 Å². The first-order valence-electron chi connectivity index (χ1n) is 3.28. The maximum absolute atomic E-state index is 12.1. The number of hydrogen-bond donors (Lipinski definition) is 0. The molecule has 1 aliphatic rings. The maximum Gasteiger partial charge on any atom is 0.397 e. The molecule has 0 radical (unpaired) electrons. The molecular formula is C7H8F3N. The lowest BCUT2D eigenvalue weighted by Gasteiger charge is -2.22. The van der Waals surface area contributed by atoms with Gasteiger partial charge in [-0.25, -0.2) is 0 Å². The summed E-state index contributed by atoms with van der Waals surface area (Å²) in [4.78, 5) is 3.65. The zero-order chi connectivity index (χ0) is 8.48. The van der Waals surface area contributed by atoms with Crippen LogP contribution in [0.1, 0.15) is 6.92 Å². The summed E-state index contributed by atoms with van der Waals surface area (Å²) in [6, 6.07) is -0.681. The molecule has 0 aromatic rings. The molecule has 1 nitrogen and oxygen atoms in total. The van der Waals surface area contributed by atoms with Crippen LogP contribution < -0.4 is 0 Å². The van der Waals surface area contributed by atoms with Crippen molar-refractivity contribution < 1.29 is 13.2 Å². The van der Waals surface area contributed by atoms with E-state index in [2.05, 4.69) is 4.99 Å². The van der Waals surface area contributed by atoms with Gasteiger partial charge in [0.15, 0.2) is 0 Å². The Morgan fingerprint density at radius 3 is 2.36 bits per heavy atom. The number of rotatable bonds is 0. The lowest BCUT2D eigenvalue weighted by Crippen LogP contribution is -2.31. The predicted octanol–water partition coefficient (Wildman–Crippen LogP) is 2.19. The third-order valence-electron chi connectivity index (χ3n) is 1.62. The van der Waals surface area contributed by atoms with Crippen LogP contribution >= 0.6 is 0 Å². The van der Waals surface area contributed by atoms with Crippen LogP contribution in [0.3, 0.4) is 0 Å². The van der Waals surface area contributed by atoms with E-state index in [-0.39, 0.29) is 0 Å². The molecule has 0 aliphatic carbocycles. The summed E-state index contributed by atoms with van der Waals surface area (Å²) in [6.07, 6.45) is -0.295. The van der Waals surface area contributed by atoms with Crippen molar-refractivity contribution in [3.05, 3.63) is 12.2 Å². The SMILES string of the molecule is CC1N=CC=CC1C(F)(F)F. The van der Waals surface area contributed by atoms with Crippen LogP contribution in [0.25, 0.3) is 0 Å². The summed E-state index contributed by atoms with van der Waals surface area (Å²) in [7, 11) is 0. The number of hydrogen-bond acceptors (Lipinski definition) is 1. The number of nitrogens with zero attached hydrogens (tertiary/aromatic N) is 1. The van der Waals surface area contributed by atoms with Gasteiger partial charge in [-0.3, -0.25) is 4.99 Å². The highest BCUT2D eigenvalue weighted by Crippen LogP contribution is 2.32. The normalized spacial score (nSPS) is 30.9. The summed E-state index contributed by atoms with van der Waals surface area (Å²) < 4.78 is 36.2. The van der Waals surface area contributed by atoms with E-state index in [1.165, 1.54) is 19.2 Å². The Kier molecular flexibility index (Phi) is 2.02. The Hall–Kier alpha value is -0.800. The topological polar surface area (TPSA) is 12.4 Å². The third kappa shape index (κ3) is 1.82. The van der Waals surface area contributed by atoms with Crippen molar-refractivity contribution in [2.75, 3.05) is 0 Å². The molecule has 0 aromatic heterocycles. The van der Waals surface area contributed by atoms with Crippen LogP contribution in [0.4, 0.5) is 13.2 Å². The van der Waals surface area contributed by atoms with Crippen molar-refractivity contribution in [3.8, 4) is 0 Å². The van der Waals surface area contributed by atoms with Crippen LogP contribution in [0.5, 0.6) is 0 Å². The molecule has 1 rings (SSSR count). The van der Waals surface area contributed by atoms with Crippen molar-refractivity contribution in [1.82, 2.24) is 0 Å². The summed E-state index contributed by atoms with van der Waals surface area (Å²) in [5.74, 6) is -1.41. The van der Waals surface area contributed by atoms with E-state index in [4.69, 9.17) is 0 Å². The zero-order valence-corrected chi connectivity index (χ0v) is 5.97. The number of aliphatic imine (C=N–C) groups is 1. The molecule has 2 atom stereocenters. The monoisotopic (exact) mass is 163 g/mol. The number of allylic oxidation sites excluding steroid dienone is 1. The van der Waals surface area contributed by atoms with Crippen LogP contribution in [-0.2, 0) is 0 Å². The van der Waals surface area contributed by atoms with Gasteiger partial charge in [0.1, 0.15) is 0 Å². The van der Waals surface area contributed by atoms with Gasteiger partial charge >= 0.3 is 6.18 Å². The van der Waals surface area contributed by atoms with E-state index in [1.807, 2.05) is 0 Å². The highest BCUT2D eigenvalue weighted by Gasteiger charge is 2.41. The first kappa shape index (κ1) is 8.30. The van der Waals surface area contributed by atoms with Gasteiger partial charge in [-0.2, -0.15) is 13.2 Å². The second-order valence-electron chi connectivity index (χ2n) is 2.49. The highest BCUT2D eigenvalue weighted by atomic mass is 19.4. The molecule has 0 bridgehead atoms. The van der Waals surface area contributed by atoms with Crippen molar-refractivity contribution in [1.29, 1.82) is 0 Å². The molecule has 0 N–H and O–H groups in total. The second-order valence-corrected chi connectivity index (χ2v) is 2.49. The van der Waals surface area contributed by atoms with Gasteiger partial charge in [-0.05, 0) is 13.0 Å². The smallest absolute Gasteiger partial charge is 0.289 e. The fourth-order valence-electron chi connectivity index (χ4n) is 0.991. The Morgan fingerprint density at radius 2 is 2.00 bits per heavy atom. The maximum atomic E-state index is 12.1. The van der Waals surface area contributed by atoms with E-state index in [0.29, 0.717) is 0 Å². The number of halogens is 3. The van der Waals surface area contributed by atoms with E-state index in [0.717, 1.165) is 6.08 Å². The van der Waals surface area contributed by atoms with Gasteiger partial charge in [0.25, 0.3) is 0 Å². The van der Waals surface area contributed by atoms with Crippen LogP contribution in [-0.4, -0.2) is 18.4 Å². The van der Waals surface area contributed by atoms with E-state index < -0.39 is 18.1 Å². The van der Waals surface area contributed by atoms with Gasteiger partial charge in [-0.1, -0.05) is 6.08 Å². The van der Waals surface area contributed by atoms with Gasteiger partial charge in [0, 0.05) is 6.21 Å². The zero-order valence-electron chi connectivity index (χ0n) is 5.97. The average Bonchev–Trinajstić information content (AvgIpc) is 1.86. The van der Waals surface area contributed by atoms with Crippen molar-refractivity contribution in [2.45, 2.75) is 19.1 Å². The minimum atomic E-state index is -4.16. The molecule has 2 unspecified atom stereocenters. The van der Waals surface area contributed by atoms with Crippen LogP contribution in [0.2, 0.25) is 0 Å². The minimum absolute atomic E-state index is 0.681. The largest absolute Gasteiger partial charge is 0.397 e. The lowest BCUT2D eigenvalue weighted by atomic mass is 9.99. The van der Waals surface area contributed by atoms with E-state index in [1.54, 1.807) is 0 Å². The molecule has 0 fully saturated rings. The Morgan fingerprint density at radius 1 is 1.36 bits per heavy atom. The minimum Gasteiger partial charge on any atom is -0.289 e. The predicted molar refractivity (Wildman–Crippen MR) is 36.6 cm³/mol. The standard InChI is InChI=1S/C7H8F3N/c1-5-6(7(8,9)10)3-2-4-11-5/h2-6H,1H3. The molecule has 0 saturated heterocycles. The van der Waals surface area contributed by atoms with E-state index in [9.17, 15) is 13.2 Å². The fourth-order valence-corrected chi connectivity index (χ4v) is 0.991. The van der Waals surface area contributed by atoms with Gasteiger partial charge in [0.2, 0.25) is 0 Å². The van der Waals surface area contributed by atoms with Gasteiger partial charge in [-0.15, -0.1) is 0 Å². The Balaban J connectivity index is 2.74. The second kappa shape index (κ2) is 2.68. The summed E-state index contributed by atoms with van der Waals surface area (Å²) in [5.41, 5.74) is 0. The molecule has 11 heavy (non-hydrogen) atoms. The Bertz CT molecular complexity index is 192. The molecule has 0 aromatic carbocycles. The molecule has 0 amide bonds. The molecule has 0 spiro atoms. The molecule has 1 aliphatic heterocycles. The molecule has 1 heterocycles. The Labute approximate surface area is 62.6 Å². The third-order valence-corrected chi connectivity index (χ3v) is 1.62. The first-order chi connectivity index (χ1) is 5.02. The van der Waals surface area contributed by atoms with Crippen molar-refractivity contribution in [3.63, 3.8) is 0 Å². The summed E-state index contributed by atoms with van der Waals surface area (Å²) in [5, 5.41) is 0. The fraction of sp³-hybridized carbons (Fsp3) is 0.571. The lowest BCUT2D eigenvalue weighted by molar-refractivity contribution is -0.164. The number of alkyl halides is 3. The van der Waals surface area contributed by atoms with Gasteiger partial charge < -0.3 is 0 Å². The quantitative estimate of drug-likeness (QED) is 0.519. The molecule has 0 saturated carbocycles. The molecule has 62 valence electrons. The van der Waals surface area contributed by atoms with E-state index >= 15 is 0 Å². The van der Waals surface area contributed by atoms with Crippen LogP contribution in [0.15, 0.2) is 17.1 Å². The van der Waals surface area contributed by atoms with Crippen molar-refractivity contribution in [2.24, 2.45) is 10.9 Å². The first-order valence-corrected chi connectivity index (χ1v) is 3.28. The summed E-state index contributed by atoms with van der Waals surface area (Å²) >= 11 is 0. The van der Waals surface area contributed by atoms with Crippen LogP contribution in [0, 0.1) is 5.92 Å². The highest BCUT2D eigenvalue weighted by molar-refractivity contribution is 5.72.